The van der Waals surface area contributed by atoms with Gasteiger partial charge in [-0.15, -0.1) is 0 Å². The highest BCUT2D eigenvalue weighted by Crippen LogP contribution is 2.07. The average Bonchev–Trinajstić information content (AvgIpc) is 2.27. The van der Waals surface area contributed by atoms with Crippen LogP contribution in [0, 0.1) is 12.8 Å². The highest BCUT2D eigenvalue weighted by molar-refractivity contribution is 5.77. The van der Waals surface area contributed by atoms with Crippen LogP contribution in [0.5, 0.6) is 0 Å². The molecule has 0 saturated carbocycles. The van der Waals surface area contributed by atoms with E-state index < -0.39 is 5.97 Å². The highest BCUT2D eigenvalue weighted by Gasteiger charge is 2.12. The molecule has 0 radical (unpaired) electrons. The maximum atomic E-state index is 11.6. The molecule has 1 aromatic rings. The molecule has 1 heterocycles. The molecule has 0 aliphatic heterocycles. The fourth-order valence-corrected chi connectivity index (χ4v) is 1.56. The molecule has 1 aromatic heterocycles. The van der Waals surface area contributed by atoms with Gasteiger partial charge in [-0.05, 0) is 24.5 Å². The van der Waals surface area contributed by atoms with E-state index in [2.05, 4.69) is 10.3 Å². The molecule has 1 atom stereocenters. The van der Waals surface area contributed by atoms with Crippen LogP contribution in [0.1, 0.15) is 31.0 Å². The van der Waals surface area contributed by atoms with Crippen LogP contribution in [0.2, 0.25) is 0 Å². The Labute approximate surface area is 106 Å². The Morgan fingerprint density at radius 3 is 2.67 bits per heavy atom. The number of aromatic nitrogens is 1. The van der Waals surface area contributed by atoms with E-state index in [0.29, 0.717) is 6.54 Å². The number of carboxylic acids is 1. The van der Waals surface area contributed by atoms with Crippen LogP contribution in [-0.2, 0) is 16.1 Å². The number of aryl methyl sites for hydroxylation is 1. The molecule has 0 saturated heterocycles. The largest absolute Gasteiger partial charge is 0.481 e. The second kappa shape index (κ2) is 6.74. The number of carbonyl (C=O) groups excluding carboxylic acids is 1. The molecule has 0 aliphatic rings. The van der Waals surface area contributed by atoms with Crippen LogP contribution < -0.4 is 5.32 Å². The minimum atomic E-state index is -0.877. The normalized spacial score (nSPS) is 11.9. The smallest absolute Gasteiger partial charge is 0.303 e. The van der Waals surface area contributed by atoms with Crippen molar-refractivity contribution in [3.63, 3.8) is 0 Å². The van der Waals surface area contributed by atoms with E-state index in [1.54, 1.807) is 13.1 Å². The third-order valence-corrected chi connectivity index (χ3v) is 2.52. The number of carboxylic acid groups (broad SMARTS) is 1. The summed E-state index contributed by atoms with van der Waals surface area (Å²) in [7, 11) is 0. The van der Waals surface area contributed by atoms with E-state index in [1.165, 1.54) is 0 Å². The van der Waals surface area contributed by atoms with E-state index in [4.69, 9.17) is 5.11 Å². The Bertz CT molecular complexity index is 415. The average molecular weight is 250 g/mol. The van der Waals surface area contributed by atoms with Crippen molar-refractivity contribution in [1.82, 2.24) is 10.3 Å². The topological polar surface area (TPSA) is 79.3 Å². The van der Waals surface area contributed by atoms with E-state index >= 15 is 0 Å². The fourth-order valence-electron chi connectivity index (χ4n) is 1.56. The van der Waals surface area contributed by atoms with Crippen LogP contribution in [0.3, 0.4) is 0 Å². The Balaban J connectivity index is 2.32. The summed E-state index contributed by atoms with van der Waals surface area (Å²) in [4.78, 5) is 26.1. The van der Waals surface area contributed by atoms with E-state index in [9.17, 15) is 9.59 Å². The third kappa shape index (κ3) is 5.43. The van der Waals surface area contributed by atoms with Crippen molar-refractivity contribution in [3.8, 4) is 0 Å². The summed E-state index contributed by atoms with van der Waals surface area (Å²) in [6.07, 6.45) is 1.96. The van der Waals surface area contributed by atoms with Crippen LogP contribution in [0.25, 0.3) is 0 Å². The Hall–Kier alpha value is -1.91. The fraction of sp³-hybridized carbons (Fsp3) is 0.462. The minimum Gasteiger partial charge on any atom is -0.481 e. The molecular formula is C13H18N2O3. The quantitative estimate of drug-likeness (QED) is 0.802. The molecule has 98 valence electrons. The van der Waals surface area contributed by atoms with Gasteiger partial charge in [0.05, 0.1) is 0 Å². The Morgan fingerprint density at radius 2 is 2.11 bits per heavy atom. The minimum absolute atomic E-state index is 0.0134. The Morgan fingerprint density at radius 1 is 1.39 bits per heavy atom. The lowest BCUT2D eigenvalue weighted by Crippen LogP contribution is -2.25. The highest BCUT2D eigenvalue weighted by atomic mass is 16.4. The SMILES string of the molecule is Cc1ccc(CNC(=O)CC(C)CC(=O)O)cn1. The summed E-state index contributed by atoms with van der Waals surface area (Å²) in [6, 6.07) is 3.79. The molecule has 0 aromatic carbocycles. The van der Waals surface area contributed by atoms with Gasteiger partial charge in [0.1, 0.15) is 0 Å². The van der Waals surface area contributed by atoms with E-state index in [0.717, 1.165) is 11.3 Å². The first-order chi connectivity index (χ1) is 8.47. The third-order valence-electron chi connectivity index (χ3n) is 2.52. The van der Waals surface area contributed by atoms with Crippen molar-refractivity contribution >= 4 is 11.9 Å². The number of nitrogens with zero attached hydrogens (tertiary/aromatic N) is 1. The maximum absolute atomic E-state index is 11.6. The predicted molar refractivity (Wildman–Crippen MR) is 66.9 cm³/mol. The van der Waals surface area contributed by atoms with Gasteiger partial charge < -0.3 is 10.4 Å². The molecule has 1 rings (SSSR count). The molecule has 0 aliphatic carbocycles. The van der Waals surface area contributed by atoms with Gasteiger partial charge in [-0.3, -0.25) is 14.6 Å². The molecule has 5 nitrogen and oxygen atoms in total. The lowest BCUT2D eigenvalue weighted by atomic mass is 10.0. The van der Waals surface area contributed by atoms with Gasteiger partial charge in [0, 0.05) is 31.3 Å². The first-order valence-corrected chi connectivity index (χ1v) is 5.87. The molecule has 1 amide bonds. The summed E-state index contributed by atoms with van der Waals surface area (Å²) >= 11 is 0. The Kier molecular flexibility index (Phi) is 5.30. The molecule has 0 bridgehead atoms. The first-order valence-electron chi connectivity index (χ1n) is 5.87. The molecule has 18 heavy (non-hydrogen) atoms. The predicted octanol–water partition coefficient (Wildman–Crippen LogP) is 1.51. The molecule has 0 fully saturated rings. The summed E-state index contributed by atoms with van der Waals surface area (Å²) in [6.45, 7) is 4.07. The van der Waals surface area contributed by atoms with Gasteiger partial charge in [-0.2, -0.15) is 0 Å². The van der Waals surface area contributed by atoms with Gasteiger partial charge in [0.15, 0.2) is 0 Å². The van der Waals surface area contributed by atoms with Gasteiger partial charge in [-0.25, -0.2) is 0 Å². The van der Waals surface area contributed by atoms with Crippen molar-refractivity contribution in [1.29, 1.82) is 0 Å². The lowest BCUT2D eigenvalue weighted by Gasteiger charge is -2.09. The zero-order valence-electron chi connectivity index (χ0n) is 10.6. The van der Waals surface area contributed by atoms with E-state index in [-0.39, 0.29) is 24.7 Å². The van der Waals surface area contributed by atoms with Crippen molar-refractivity contribution in [2.45, 2.75) is 33.2 Å². The number of hydrogen-bond donors (Lipinski definition) is 2. The number of rotatable bonds is 6. The number of nitrogens with one attached hydrogen (secondary N) is 1. The van der Waals surface area contributed by atoms with Crippen LogP contribution in [0.4, 0.5) is 0 Å². The molecular weight excluding hydrogens is 232 g/mol. The molecule has 0 spiro atoms. The molecule has 2 N–H and O–H groups in total. The van der Waals surface area contributed by atoms with Crippen molar-refractivity contribution in [2.75, 3.05) is 0 Å². The zero-order chi connectivity index (χ0) is 13.5. The van der Waals surface area contributed by atoms with Crippen LogP contribution in [-0.4, -0.2) is 22.0 Å². The standard InChI is InChI=1S/C13H18N2O3/c1-9(6-13(17)18)5-12(16)15-8-11-4-3-10(2)14-7-11/h3-4,7,9H,5-6,8H2,1-2H3,(H,15,16)(H,17,18). The number of carbonyl (C=O) groups is 2. The van der Waals surface area contributed by atoms with Gasteiger partial charge >= 0.3 is 5.97 Å². The number of aliphatic carboxylic acids is 1. The second-order valence-corrected chi connectivity index (χ2v) is 4.49. The van der Waals surface area contributed by atoms with Crippen LogP contribution >= 0.6 is 0 Å². The second-order valence-electron chi connectivity index (χ2n) is 4.49. The number of pyridine rings is 1. The summed E-state index contributed by atoms with van der Waals surface area (Å²) in [5.41, 5.74) is 1.86. The van der Waals surface area contributed by atoms with Gasteiger partial charge in [-0.1, -0.05) is 13.0 Å². The van der Waals surface area contributed by atoms with Crippen molar-refractivity contribution in [3.05, 3.63) is 29.6 Å². The first kappa shape index (κ1) is 14.2. The van der Waals surface area contributed by atoms with Crippen molar-refractivity contribution < 1.29 is 14.7 Å². The monoisotopic (exact) mass is 250 g/mol. The number of hydrogen-bond acceptors (Lipinski definition) is 3. The maximum Gasteiger partial charge on any atom is 0.303 e. The van der Waals surface area contributed by atoms with Gasteiger partial charge in [0.25, 0.3) is 0 Å². The summed E-state index contributed by atoms with van der Waals surface area (Å²) in [5.74, 6) is -1.17. The molecule has 1 unspecified atom stereocenters. The molecule has 5 heteroatoms. The van der Waals surface area contributed by atoms with E-state index in [1.807, 2.05) is 19.1 Å². The summed E-state index contributed by atoms with van der Waals surface area (Å²) in [5, 5.41) is 11.3. The number of amides is 1. The zero-order valence-corrected chi connectivity index (χ0v) is 10.6. The summed E-state index contributed by atoms with van der Waals surface area (Å²) < 4.78 is 0. The van der Waals surface area contributed by atoms with Gasteiger partial charge in [0.2, 0.25) is 5.91 Å². The van der Waals surface area contributed by atoms with Crippen LogP contribution in [0.15, 0.2) is 18.3 Å². The van der Waals surface area contributed by atoms with Crippen molar-refractivity contribution in [2.24, 2.45) is 5.92 Å². The lowest BCUT2D eigenvalue weighted by molar-refractivity contribution is -0.138.